The summed E-state index contributed by atoms with van der Waals surface area (Å²) in [6.45, 7) is 0.661. The zero-order chi connectivity index (χ0) is 24.5. The molecule has 3 rings (SSSR count). The highest BCUT2D eigenvalue weighted by Gasteiger charge is 2.33. The van der Waals surface area contributed by atoms with Crippen LogP contribution in [0.15, 0.2) is 48.5 Å². The number of rotatable bonds is 13. The van der Waals surface area contributed by atoms with Gasteiger partial charge in [-0.25, -0.2) is 9.59 Å². The molecule has 1 atom stereocenters. The van der Waals surface area contributed by atoms with Crippen molar-refractivity contribution >= 4 is 18.0 Å². The summed E-state index contributed by atoms with van der Waals surface area (Å²) < 4.78 is 15.9. The van der Waals surface area contributed by atoms with Crippen LogP contribution in [0, 0.1) is 0 Å². The fourth-order valence-electron chi connectivity index (χ4n) is 4.13. The Kier molecular flexibility index (Phi) is 9.00. The van der Waals surface area contributed by atoms with Gasteiger partial charge in [-0.1, -0.05) is 48.5 Å². The number of hydrogen-bond acceptors (Lipinski definition) is 6. The van der Waals surface area contributed by atoms with Crippen molar-refractivity contribution in [2.75, 3.05) is 40.1 Å². The monoisotopic (exact) mass is 471 g/mol. The van der Waals surface area contributed by atoms with Gasteiger partial charge in [0.15, 0.2) is 0 Å². The third-order valence-corrected chi connectivity index (χ3v) is 5.77. The topological polar surface area (TPSA) is 123 Å². The highest BCUT2D eigenvalue weighted by molar-refractivity contribution is 5.81. The van der Waals surface area contributed by atoms with Crippen LogP contribution in [-0.4, -0.2) is 79.3 Å². The summed E-state index contributed by atoms with van der Waals surface area (Å²) in [6, 6.07) is 14.4. The first-order valence-electron chi connectivity index (χ1n) is 11.1. The van der Waals surface area contributed by atoms with E-state index in [9.17, 15) is 19.5 Å². The first kappa shape index (κ1) is 25.2. The lowest BCUT2D eigenvalue weighted by Crippen LogP contribution is -2.47. The molecule has 182 valence electrons. The summed E-state index contributed by atoms with van der Waals surface area (Å²) in [5, 5.41) is 18.7. The summed E-state index contributed by atoms with van der Waals surface area (Å²) in [4.78, 5) is 37.0. The zero-order valence-electron chi connectivity index (χ0n) is 19.0. The fraction of sp³-hybridized carbons (Fsp3) is 0.400. The number of carboxylic acids is 2. The van der Waals surface area contributed by atoms with E-state index >= 15 is 0 Å². The van der Waals surface area contributed by atoms with Crippen LogP contribution in [0.4, 0.5) is 4.79 Å². The van der Waals surface area contributed by atoms with E-state index in [0.29, 0.717) is 6.61 Å². The average Bonchev–Trinajstić information content (AvgIpc) is 3.14. The molecule has 0 unspecified atom stereocenters. The van der Waals surface area contributed by atoms with Crippen LogP contribution >= 0.6 is 0 Å². The SMILES string of the molecule is COCCOCCN(C(=O)OCC1c2ccccc2-c2ccccc21)[C@@H](CCC(=O)O)C(=O)O. The molecule has 1 aliphatic carbocycles. The Bertz CT molecular complexity index is 962. The molecule has 0 spiro atoms. The molecular weight excluding hydrogens is 442 g/mol. The van der Waals surface area contributed by atoms with Crippen LogP contribution in [-0.2, 0) is 23.8 Å². The smallest absolute Gasteiger partial charge is 0.410 e. The third kappa shape index (κ3) is 6.12. The molecule has 0 aromatic heterocycles. The Balaban J connectivity index is 1.74. The molecule has 0 saturated carbocycles. The van der Waals surface area contributed by atoms with Gasteiger partial charge in [-0.3, -0.25) is 9.69 Å². The lowest BCUT2D eigenvalue weighted by molar-refractivity contribution is -0.144. The van der Waals surface area contributed by atoms with Gasteiger partial charge >= 0.3 is 18.0 Å². The second kappa shape index (κ2) is 12.2. The molecule has 0 saturated heterocycles. The minimum Gasteiger partial charge on any atom is -0.481 e. The highest BCUT2D eigenvalue weighted by atomic mass is 16.6. The zero-order valence-corrected chi connectivity index (χ0v) is 19.0. The van der Waals surface area contributed by atoms with Crippen molar-refractivity contribution in [2.24, 2.45) is 0 Å². The number of carbonyl (C=O) groups is 3. The van der Waals surface area contributed by atoms with E-state index in [2.05, 4.69) is 0 Å². The number of ether oxygens (including phenoxy) is 3. The first-order chi connectivity index (χ1) is 16.4. The number of methoxy groups -OCH3 is 1. The molecule has 9 nitrogen and oxygen atoms in total. The van der Waals surface area contributed by atoms with E-state index in [1.54, 1.807) is 0 Å². The molecule has 0 bridgehead atoms. The van der Waals surface area contributed by atoms with E-state index < -0.39 is 30.5 Å². The quantitative estimate of drug-likeness (QED) is 0.427. The Hall–Kier alpha value is -3.43. The van der Waals surface area contributed by atoms with Crippen molar-refractivity contribution in [1.29, 1.82) is 0 Å². The standard InChI is InChI=1S/C25H29NO8/c1-32-14-15-33-13-12-26(22(24(29)30)10-11-23(27)28)25(31)34-16-21-19-8-4-2-6-17(19)18-7-3-5-9-20(18)21/h2-9,21-22H,10-16H2,1H3,(H,27,28)(H,29,30)/t22-/m0/s1. The molecule has 2 aromatic carbocycles. The van der Waals surface area contributed by atoms with Crippen LogP contribution in [0.25, 0.3) is 11.1 Å². The van der Waals surface area contributed by atoms with Gasteiger partial charge in [0.2, 0.25) is 0 Å². The van der Waals surface area contributed by atoms with Gasteiger partial charge in [0, 0.05) is 26.0 Å². The van der Waals surface area contributed by atoms with E-state index in [0.717, 1.165) is 27.2 Å². The number of aliphatic carboxylic acids is 2. The summed E-state index contributed by atoms with van der Waals surface area (Å²) in [6.07, 6.45) is -1.46. The molecule has 2 N–H and O–H groups in total. The van der Waals surface area contributed by atoms with Gasteiger partial charge < -0.3 is 24.4 Å². The molecule has 1 amide bonds. The predicted octanol–water partition coefficient (Wildman–Crippen LogP) is 3.22. The lowest BCUT2D eigenvalue weighted by Gasteiger charge is -2.28. The first-order valence-corrected chi connectivity index (χ1v) is 11.1. The average molecular weight is 472 g/mol. The molecule has 1 aliphatic rings. The Morgan fingerprint density at radius 2 is 1.56 bits per heavy atom. The van der Waals surface area contributed by atoms with Crippen LogP contribution in [0.3, 0.4) is 0 Å². The Morgan fingerprint density at radius 3 is 2.12 bits per heavy atom. The number of fused-ring (bicyclic) bond motifs is 3. The highest BCUT2D eigenvalue weighted by Crippen LogP contribution is 2.44. The molecule has 2 aromatic rings. The fourth-order valence-corrected chi connectivity index (χ4v) is 4.13. The number of amides is 1. The number of carbonyl (C=O) groups excluding carboxylic acids is 1. The normalized spacial score (nSPS) is 13.1. The van der Waals surface area contributed by atoms with Crippen LogP contribution < -0.4 is 0 Å². The van der Waals surface area contributed by atoms with Gasteiger partial charge in [-0.05, 0) is 28.7 Å². The van der Waals surface area contributed by atoms with Gasteiger partial charge in [-0.2, -0.15) is 0 Å². The third-order valence-electron chi connectivity index (χ3n) is 5.77. The van der Waals surface area contributed by atoms with Crippen molar-refractivity contribution in [3.8, 4) is 11.1 Å². The molecule has 0 fully saturated rings. The molecular formula is C25H29NO8. The Labute approximate surface area is 197 Å². The van der Waals surface area contributed by atoms with Crippen molar-refractivity contribution in [1.82, 2.24) is 4.90 Å². The summed E-state index contributed by atoms with van der Waals surface area (Å²) in [5.41, 5.74) is 4.22. The largest absolute Gasteiger partial charge is 0.481 e. The number of hydrogen-bond donors (Lipinski definition) is 2. The second-order valence-corrected chi connectivity index (χ2v) is 7.89. The molecule has 0 radical (unpaired) electrons. The predicted molar refractivity (Wildman–Crippen MR) is 123 cm³/mol. The van der Waals surface area contributed by atoms with Crippen LogP contribution in [0.5, 0.6) is 0 Å². The van der Waals surface area contributed by atoms with Gasteiger partial charge in [0.05, 0.1) is 19.8 Å². The van der Waals surface area contributed by atoms with Gasteiger partial charge in [0.25, 0.3) is 0 Å². The van der Waals surface area contributed by atoms with Crippen molar-refractivity contribution in [3.63, 3.8) is 0 Å². The van der Waals surface area contributed by atoms with Crippen molar-refractivity contribution < 1.29 is 38.8 Å². The van der Waals surface area contributed by atoms with Crippen LogP contribution in [0.1, 0.15) is 29.9 Å². The van der Waals surface area contributed by atoms with E-state index in [4.69, 9.17) is 19.3 Å². The number of carboxylic acid groups (broad SMARTS) is 2. The maximum atomic E-state index is 13.0. The van der Waals surface area contributed by atoms with Gasteiger partial charge in [-0.15, -0.1) is 0 Å². The van der Waals surface area contributed by atoms with Crippen LogP contribution in [0.2, 0.25) is 0 Å². The summed E-state index contributed by atoms with van der Waals surface area (Å²) in [5.74, 6) is -2.62. The van der Waals surface area contributed by atoms with E-state index in [1.165, 1.54) is 7.11 Å². The molecule has 34 heavy (non-hydrogen) atoms. The lowest BCUT2D eigenvalue weighted by atomic mass is 9.98. The Morgan fingerprint density at radius 1 is 0.941 bits per heavy atom. The molecule has 9 heteroatoms. The molecule has 0 heterocycles. The van der Waals surface area contributed by atoms with Crippen molar-refractivity contribution in [2.45, 2.75) is 24.8 Å². The van der Waals surface area contributed by atoms with E-state index in [1.807, 2.05) is 48.5 Å². The maximum Gasteiger partial charge on any atom is 0.410 e. The van der Waals surface area contributed by atoms with Gasteiger partial charge in [0.1, 0.15) is 12.6 Å². The summed E-state index contributed by atoms with van der Waals surface area (Å²) in [7, 11) is 1.53. The number of nitrogens with zero attached hydrogens (tertiary/aromatic N) is 1. The van der Waals surface area contributed by atoms with E-state index in [-0.39, 0.29) is 38.7 Å². The minimum absolute atomic E-state index is 0.0269. The summed E-state index contributed by atoms with van der Waals surface area (Å²) >= 11 is 0. The minimum atomic E-state index is -1.35. The second-order valence-electron chi connectivity index (χ2n) is 7.89. The molecule has 0 aliphatic heterocycles. The van der Waals surface area contributed by atoms with Crippen molar-refractivity contribution in [3.05, 3.63) is 59.7 Å². The maximum absolute atomic E-state index is 13.0. The number of benzene rings is 2.